The van der Waals surface area contributed by atoms with Gasteiger partial charge in [-0.1, -0.05) is 36.2 Å². The first-order valence-electron chi connectivity index (χ1n) is 12.4. The Hall–Kier alpha value is -3.54. The van der Waals surface area contributed by atoms with Gasteiger partial charge in [-0.3, -0.25) is 13.9 Å². The number of anilines is 1. The molecule has 1 atom stereocenters. The van der Waals surface area contributed by atoms with Crippen molar-refractivity contribution < 1.29 is 31.9 Å². The molecule has 1 unspecified atom stereocenters. The number of hydrogen-bond donors (Lipinski definition) is 1. The maximum absolute atomic E-state index is 14.0. The van der Waals surface area contributed by atoms with E-state index < -0.39 is 40.2 Å². The van der Waals surface area contributed by atoms with E-state index >= 15 is 0 Å². The number of carbonyl (C=O) groups is 2. The number of methoxy groups -OCH3 is 2. The first kappa shape index (κ1) is 32.0. The zero-order valence-corrected chi connectivity index (χ0v) is 25.2. The van der Waals surface area contributed by atoms with Crippen LogP contribution in [0.3, 0.4) is 0 Å². The molecule has 2 amide bonds. The molecule has 0 bridgehead atoms. The predicted octanol–water partition coefficient (Wildman–Crippen LogP) is 4.90. The van der Waals surface area contributed by atoms with Crippen LogP contribution in [0.5, 0.6) is 11.5 Å². The summed E-state index contributed by atoms with van der Waals surface area (Å²) < 4.78 is 53.1. The molecule has 0 aliphatic rings. The molecule has 3 aromatic rings. The quantitative estimate of drug-likeness (QED) is 0.307. The van der Waals surface area contributed by atoms with E-state index in [2.05, 4.69) is 5.32 Å². The summed E-state index contributed by atoms with van der Waals surface area (Å²) in [6.07, 6.45) is 0.242. The van der Waals surface area contributed by atoms with Gasteiger partial charge in [-0.25, -0.2) is 12.8 Å². The first-order valence-corrected chi connectivity index (χ1v) is 14.6. The van der Waals surface area contributed by atoms with Gasteiger partial charge in [0.2, 0.25) is 11.8 Å². The molecule has 0 radical (unpaired) electrons. The fourth-order valence-corrected chi connectivity index (χ4v) is 5.91. The second kappa shape index (κ2) is 13.9. The second-order valence-electron chi connectivity index (χ2n) is 8.81. The number of rotatable bonds is 12. The largest absolute Gasteiger partial charge is 0.493 e. The van der Waals surface area contributed by atoms with Crippen molar-refractivity contribution in [3.8, 4) is 11.5 Å². The Labute approximate surface area is 248 Å². The summed E-state index contributed by atoms with van der Waals surface area (Å²) >= 11 is 12.2. The van der Waals surface area contributed by atoms with Crippen LogP contribution < -0.4 is 19.1 Å². The van der Waals surface area contributed by atoms with E-state index in [9.17, 15) is 22.4 Å². The van der Waals surface area contributed by atoms with E-state index in [1.54, 1.807) is 25.1 Å². The maximum atomic E-state index is 14.0. The van der Waals surface area contributed by atoms with Crippen LogP contribution in [-0.4, -0.2) is 59.0 Å². The van der Waals surface area contributed by atoms with Crippen molar-refractivity contribution in [1.29, 1.82) is 0 Å². The molecule has 9 nitrogen and oxygen atoms in total. The van der Waals surface area contributed by atoms with Gasteiger partial charge in [0.05, 0.1) is 34.8 Å². The van der Waals surface area contributed by atoms with Crippen molar-refractivity contribution in [3.05, 3.63) is 82.1 Å². The van der Waals surface area contributed by atoms with Gasteiger partial charge in [-0.15, -0.1) is 0 Å². The van der Waals surface area contributed by atoms with Gasteiger partial charge in [0.25, 0.3) is 10.0 Å². The van der Waals surface area contributed by atoms with Crippen molar-refractivity contribution in [3.63, 3.8) is 0 Å². The fourth-order valence-electron chi connectivity index (χ4n) is 4.16. The number of nitrogens with one attached hydrogen (secondary N) is 1. The van der Waals surface area contributed by atoms with Crippen LogP contribution in [0.1, 0.15) is 18.9 Å². The van der Waals surface area contributed by atoms with Crippen molar-refractivity contribution in [2.24, 2.45) is 0 Å². The minimum absolute atomic E-state index is 0.0389. The van der Waals surface area contributed by atoms with Crippen molar-refractivity contribution in [2.45, 2.75) is 30.8 Å². The lowest BCUT2D eigenvalue weighted by atomic mass is 10.1. The van der Waals surface area contributed by atoms with Gasteiger partial charge in [-0.05, 0) is 60.5 Å². The lowest BCUT2D eigenvalue weighted by Gasteiger charge is -2.33. The van der Waals surface area contributed by atoms with Gasteiger partial charge in [-0.2, -0.15) is 0 Å². The van der Waals surface area contributed by atoms with Crippen LogP contribution in [0.25, 0.3) is 0 Å². The topological polar surface area (TPSA) is 105 Å². The minimum atomic E-state index is -4.41. The number of hydrogen-bond acceptors (Lipinski definition) is 6. The van der Waals surface area contributed by atoms with E-state index in [0.29, 0.717) is 16.3 Å². The average molecular weight is 627 g/mol. The highest BCUT2D eigenvalue weighted by Gasteiger charge is 2.34. The molecule has 0 heterocycles. The molecular weight excluding hydrogens is 596 g/mol. The van der Waals surface area contributed by atoms with Gasteiger partial charge >= 0.3 is 0 Å². The van der Waals surface area contributed by atoms with Gasteiger partial charge < -0.3 is 19.7 Å². The minimum Gasteiger partial charge on any atom is -0.493 e. The third kappa shape index (κ3) is 7.41. The second-order valence-corrected chi connectivity index (χ2v) is 11.5. The Balaban J connectivity index is 2.10. The van der Waals surface area contributed by atoms with Crippen molar-refractivity contribution in [1.82, 2.24) is 10.2 Å². The summed E-state index contributed by atoms with van der Waals surface area (Å²) in [6.45, 7) is 0.972. The van der Waals surface area contributed by atoms with Crippen LogP contribution >= 0.6 is 23.2 Å². The number of benzene rings is 3. The Kier molecular flexibility index (Phi) is 10.8. The third-order valence-electron chi connectivity index (χ3n) is 6.31. The summed E-state index contributed by atoms with van der Waals surface area (Å²) in [5, 5.41) is 3.12. The standard InChI is InChI=1S/C28H30Cl2FN3O6S/c1-5-24(28(36)32-2)33(16-18-6-12-22(29)23(30)14-18)27(35)17-34(20-9-7-19(31)8-10-20)41(37,38)21-11-13-25(39-3)26(15-21)40-4/h6-15,24H,5,16-17H2,1-4H3,(H,32,36). The molecule has 0 aliphatic carbocycles. The van der Waals surface area contributed by atoms with Crippen LogP contribution in [0.15, 0.2) is 65.6 Å². The average Bonchev–Trinajstić information content (AvgIpc) is 2.97. The molecule has 220 valence electrons. The van der Waals surface area contributed by atoms with Crippen LogP contribution in [0.2, 0.25) is 10.0 Å². The highest BCUT2D eigenvalue weighted by molar-refractivity contribution is 7.92. The van der Waals surface area contributed by atoms with E-state index in [1.165, 1.54) is 56.5 Å². The Morgan fingerprint density at radius 1 is 0.951 bits per heavy atom. The molecule has 0 aliphatic heterocycles. The normalized spacial score (nSPS) is 11.9. The third-order valence-corrected chi connectivity index (χ3v) is 8.81. The zero-order chi connectivity index (χ0) is 30.3. The van der Waals surface area contributed by atoms with Crippen LogP contribution in [0.4, 0.5) is 10.1 Å². The monoisotopic (exact) mass is 625 g/mol. The lowest BCUT2D eigenvalue weighted by Crippen LogP contribution is -2.51. The maximum Gasteiger partial charge on any atom is 0.264 e. The van der Waals surface area contributed by atoms with E-state index in [0.717, 1.165) is 16.4 Å². The summed E-state index contributed by atoms with van der Waals surface area (Å²) in [5.74, 6) is -1.24. The lowest BCUT2D eigenvalue weighted by molar-refractivity contribution is -0.140. The Bertz CT molecular complexity index is 1510. The van der Waals surface area contributed by atoms with Crippen molar-refractivity contribution in [2.75, 3.05) is 32.1 Å². The molecule has 0 spiro atoms. The number of carbonyl (C=O) groups excluding carboxylic acids is 2. The van der Waals surface area contributed by atoms with Crippen LogP contribution in [0, 0.1) is 5.82 Å². The molecular formula is C28H30Cl2FN3O6S. The number of sulfonamides is 1. The number of amides is 2. The van der Waals surface area contributed by atoms with Crippen molar-refractivity contribution >= 4 is 50.7 Å². The van der Waals surface area contributed by atoms with E-state index in [-0.39, 0.29) is 34.3 Å². The molecule has 3 aromatic carbocycles. The SMILES string of the molecule is CCC(C(=O)NC)N(Cc1ccc(Cl)c(Cl)c1)C(=O)CN(c1ccc(F)cc1)S(=O)(=O)c1ccc(OC)c(OC)c1. The van der Waals surface area contributed by atoms with E-state index in [4.69, 9.17) is 32.7 Å². The molecule has 0 aromatic heterocycles. The van der Waals surface area contributed by atoms with Gasteiger partial charge in [0, 0.05) is 19.7 Å². The summed E-state index contributed by atoms with van der Waals surface area (Å²) in [5.41, 5.74) is 0.614. The van der Waals surface area contributed by atoms with Crippen LogP contribution in [-0.2, 0) is 26.2 Å². The van der Waals surface area contributed by atoms with Gasteiger partial charge in [0.1, 0.15) is 18.4 Å². The molecule has 13 heteroatoms. The number of ether oxygens (including phenoxy) is 2. The fraction of sp³-hybridized carbons (Fsp3) is 0.286. The zero-order valence-electron chi connectivity index (χ0n) is 22.9. The molecule has 0 saturated heterocycles. The number of likely N-dealkylation sites (N-methyl/N-ethyl adjacent to an activating group) is 1. The van der Waals surface area contributed by atoms with Gasteiger partial charge in [0.15, 0.2) is 11.5 Å². The smallest absolute Gasteiger partial charge is 0.264 e. The summed E-state index contributed by atoms with van der Waals surface area (Å²) in [4.78, 5) is 27.8. The molecule has 3 rings (SSSR count). The Morgan fingerprint density at radius 2 is 1.61 bits per heavy atom. The molecule has 1 N–H and O–H groups in total. The first-order chi connectivity index (χ1) is 19.5. The number of nitrogens with zero attached hydrogens (tertiary/aromatic N) is 2. The summed E-state index contributed by atoms with van der Waals surface area (Å²) in [6, 6.07) is 12.5. The molecule has 0 saturated carbocycles. The highest BCUT2D eigenvalue weighted by atomic mass is 35.5. The highest BCUT2D eigenvalue weighted by Crippen LogP contribution is 2.32. The number of halogens is 3. The predicted molar refractivity (Wildman–Crippen MR) is 156 cm³/mol. The Morgan fingerprint density at radius 3 is 2.17 bits per heavy atom. The molecule has 41 heavy (non-hydrogen) atoms. The summed E-state index contributed by atoms with van der Waals surface area (Å²) in [7, 11) is -0.192. The van der Waals surface area contributed by atoms with E-state index in [1.807, 2.05) is 0 Å². The molecule has 0 fully saturated rings.